The Hall–Kier alpha value is -2.64. The van der Waals surface area contributed by atoms with Gasteiger partial charge in [0.25, 0.3) is 5.91 Å². The molecule has 1 amide bonds. The van der Waals surface area contributed by atoms with Crippen molar-refractivity contribution in [3.8, 4) is 23.0 Å². The van der Waals surface area contributed by atoms with E-state index in [0.717, 1.165) is 0 Å². The molecule has 1 N–H and O–H groups in total. The molecule has 156 valence electrons. The second-order valence-electron chi connectivity index (χ2n) is 6.59. The van der Waals surface area contributed by atoms with Crippen molar-refractivity contribution >= 4 is 17.5 Å². The van der Waals surface area contributed by atoms with Crippen LogP contribution in [0.5, 0.6) is 23.0 Å². The third-order valence-corrected chi connectivity index (χ3v) is 5.02. The van der Waals surface area contributed by atoms with Gasteiger partial charge >= 0.3 is 0 Å². The first-order valence-electron chi connectivity index (χ1n) is 9.23. The van der Waals surface area contributed by atoms with Crippen molar-refractivity contribution in [3.63, 3.8) is 0 Å². The fourth-order valence-corrected chi connectivity index (χ4v) is 3.32. The number of aliphatic hydroxyl groups is 1. The number of halogens is 1. The maximum absolute atomic E-state index is 12.4. The van der Waals surface area contributed by atoms with Crippen LogP contribution in [0.15, 0.2) is 42.5 Å². The van der Waals surface area contributed by atoms with E-state index in [0.29, 0.717) is 41.0 Å². The quantitative estimate of drug-likeness (QED) is 0.740. The zero-order chi connectivity index (χ0) is 20.8. The Labute approximate surface area is 174 Å². The third-order valence-electron chi connectivity index (χ3n) is 4.70. The predicted molar refractivity (Wildman–Crippen MR) is 108 cm³/mol. The molecule has 0 aromatic heterocycles. The summed E-state index contributed by atoms with van der Waals surface area (Å²) in [6.07, 6.45) is -0.754. The van der Waals surface area contributed by atoms with Gasteiger partial charge in [0.2, 0.25) is 0 Å². The van der Waals surface area contributed by atoms with Crippen molar-refractivity contribution in [1.82, 2.24) is 4.90 Å². The lowest BCUT2D eigenvalue weighted by molar-refractivity contribution is -0.139. The molecule has 3 rings (SSSR count). The Bertz CT molecular complexity index is 846. The summed E-state index contributed by atoms with van der Waals surface area (Å²) < 4.78 is 21.9. The largest absolute Gasteiger partial charge is 0.493 e. The Morgan fingerprint density at radius 3 is 2.59 bits per heavy atom. The van der Waals surface area contributed by atoms with Crippen LogP contribution in [-0.2, 0) is 4.79 Å². The van der Waals surface area contributed by atoms with Crippen LogP contribution in [0.25, 0.3) is 0 Å². The first-order chi connectivity index (χ1) is 14.0. The van der Waals surface area contributed by atoms with E-state index in [2.05, 4.69) is 0 Å². The summed E-state index contributed by atoms with van der Waals surface area (Å²) >= 11 is 6.03. The normalized spacial score (nSPS) is 18.8. The minimum absolute atomic E-state index is 0.141. The van der Waals surface area contributed by atoms with Gasteiger partial charge in [-0.1, -0.05) is 23.7 Å². The van der Waals surface area contributed by atoms with E-state index in [1.165, 1.54) is 0 Å². The molecule has 1 aliphatic heterocycles. The van der Waals surface area contributed by atoms with Gasteiger partial charge < -0.3 is 29.0 Å². The molecule has 0 unspecified atom stereocenters. The zero-order valence-electron chi connectivity index (χ0n) is 16.3. The summed E-state index contributed by atoms with van der Waals surface area (Å²) in [7, 11) is 3.11. The maximum Gasteiger partial charge on any atom is 0.260 e. The van der Waals surface area contributed by atoms with Crippen molar-refractivity contribution in [2.24, 2.45) is 0 Å². The highest BCUT2D eigenvalue weighted by atomic mass is 35.5. The fourth-order valence-electron chi connectivity index (χ4n) is 3.13. The molecule has 29 heavy (non-hydrogen) atoms. The Kier molecular flexibility index (Phi) is 7.06. The first kappa shape index (κ1) is 21.1. The Morgan fingerprint density at radius 2 is 1.90 bits per heavy atom. The maximum atomic E-state index is 12.4. The summed E-state index contributed by atoms with van der Waals surface area (Å²) in [4.78, 5) is 14.0. The number of hydrogen-bond acceptors (Lipinski definition) is 6. The van der Waals surface area contributed by atoms with Crippen LogP contribution in [0.2, 0.25) is 5.02 Å². The van der Waals surface area contributed by atoms with E-state index in [-0.39, 0.29) is 19.1 Å². The zero-order valence-corrected chi connectivity index (χ0v) is 17.1. The van der Waals surface area contributed by atoms with Gasteiger partial charge in [-0.05, 0) is 24.3 Å². The molecule has 1 aliphatic rings. The minimum Gasteiger partial charge on any atom is -0.493 e. The van der Waals surface area contributed by atoms with Crippen LogP contribution >= 0.6 is 11.6 Å². The topological polar surface area (TPSA) is 77.5 Å². The predicted octanol–water partition coefficient (Wildman–Crippen LogP) is 2.78. The fraction of sp³-hybridized carbons (Fsp3) is 0.381. The van der Waals surface area contributed by atoms with Crippen LogP contribution in [0.1, 0.15) is 6.42 Å². The van der Waals surface area contributed by atoms with Gasteiger partial charge in [0.1, 0.15) is 23.7 Å². The van der Waals surface area contributed by atoms with Gasteiger partial charge in [0, 0.05) is 19.0 Å². The molecule has 1 saturated heterocycles. The highest BCUT2D eigenvalue weighted by Gasteiger charge is 2.32. The van der Waals surface area contributed by atoms with Gasteiger partial charge in [-0.3, -0.25) is 4.79 Å². The Morgan fingerprint density at radius 1 is 1.14 bits per heavy atom. The van der Waals surface area contributed by atoms with Crippen molar-refractivity contribution in [2.75, 3.05) is 33.9 Å². The average Bonchev–Trinajstić information content (AvgIpc) is 2.74. The van der Waals surface area contributed by atoms with Gasteiger partial charge in [0.15, 0.2) is 18.1 Å². The molecule has 0 radical (unpaired) electrons. The lowest BCUT2D eigenvalue weighted by Crippen LogP contribution is -2.52. The summed E-state index contributed by atoms with van der Waals surface area (Å²) in [5.41, 5.74) is 0. The lowest BCUT2D eigenvalue weighted by atomic mass is 10.0. The van der Waals surface area contributed by atoms with E-state index in [1.54, 1.807) is 61.6 Å². The number of β-amino-alcohol motifs (C(OH)–C–C–N with tert-alkyl or cyclic N) is 1. The second-order valence-corrected chi connectivity index (χ2v) is 7.00. The van der Waals surface area contributed by atoms with Gasteiger partial charge in [-0.2, -0.15) is 0 Å². The average molecular weight is 422 g/mol. The standard InChI is InChI=1S/C21H24ClNO6/c1-26-19-8-7-14(11-20(19)27-2)29-18-9-10-23(12-16(18)24)21(25)13-28-17-6-4-3-5-15(17)22/h3-8,11,16,18,24H,9-10,12-13H2,1-2H3/t16-,18-/m1/s1. The molecule has 2 atom stereocenters. The van der Waals surface area contributed by atoms with Crippen molar-refractivity contribution < 1.29 is 28.8 Å². The highest BCUT2D eigenvalue weighted by Crippen LogP contribution is 2.32. The number of rotatable bonds is 7. The molecule has 0 aliphatic carbocycles. The smallest absolute Gasteiger partial charge is 0.260 e. The summed E-state index contributed by atoms with van der Waals surface area (Å²) in [5, 5.41) is 10.9. The number of amides is 1. The number of aliphatic hydroxyl groups excluding tert-OH is 1. The van der Waals surface area contributed by atoms with Crippen LogP contribution in [0, 0.1) is 0 Å². The monoisotopic (exact) mass is 421 g/mol. The third kappa shape index (κ3) is 5.25. The second kappa shape index (κ2) is 9.71. The van der Waals surface area contributed by atoms with Gasteiger partial charge in [0.05, 0.1) is 25.8 Å². The van der Waals surface area contributed by atoms with E-state index < -0.39 is 12.2 Å². The number of nitrogens with zero attached hydrogens (tertiary/aromatic N) is 1. The lowest BCUT2D eigenvalue weighted by Gasteiger charge is -2.36. The number of carbonyl (C=O) groups excluding carboxylic acids is 1. The van der Waals surface area contributed by atoms with E-state index in [9.17, 15) is 9.90 Å². The molecule has 0 bridgehead atoms. The number of para-hydroxylation sites is 1. The van der Waals surface area contributed by atoms with Crippen molar-refractivity contribution in [3.05, 3.63) is 47.5 Å². The summed E-state index contributed by atoms with van der Waals surface area (Å²) in [6.45, 7) is 0.486. The Balaban J connectivity index is 1.53. The van der Waals surface area contributed by atoms with E-state index in [4.69, 9.17) is 30.5 Å². The molecule has 2 aromatic rings. The molecule has 8 heteroatoms. The number of carbonyl (C=O) groups is 1. The number of likely N-dealkylation sites (tertiary alicyclic amines) is 1. The molecule has 2 aromatic carbocycles. The molecular formula is C21H24ClNO6. The number of hydrogen-bond donors (Lipinski definition) is 1. The number of methoxy groups -OCH3 is 2. The minimum atomic E-state index is -0.818. The highest BCUT2D eigenvalue weighted by molar-refractivity contribution is 6.32. The molecule has 1 fully saturated rings. The molecule has 0 spiro atoms. The van der Waals surface area contributed by atoms with Crippen LogP contribution in [0.4, 0.5) is 0 Å². The molecular weight excluding hydrogens is 398 g/mol. The van der Waals surface area contributed by atoms with Crippen molar-refractivity contribution in [2.45, 2.75) is 18.6 Å². The molecule has 0 saturated carbocycles. The number of piperidine rings is 1. The molecule has 7 nitrogen and oxygen atoms in total. The number of ether oxygens (including phenoxy) is 4. The van der Waals surface area contributed by atoms with Gasteiger partial charge in [-0.25, -0.2) is 0 Å². The molecule has 1 heterocycles. The van der Waals surface area contributed by atoms with E-state index >= 15 is 0 Å². The van der Waals surface area contributed by atoms with Crippen LogP contribution in [-0.4, -0.2) is 62.0 Å². The van der Waals surface area contributed by atoms with Crippen LogP contribution in [0.3, 0.4) is 0 Å². The number of benzene rings is 2. The summed E-state index contributed by atoms with van der Waals surface area (Å²) in [6, 6.07) is 12.2. The van der Waals surface area contributed by atoms with E-state index in [1.807, 2.05) is 0 Å². The van der Waals surface area contributed by atoms with Gasteiger partial charge in [-0.15, -0.1) is 0 Å². The van der Waals surface area contributed by atoms with Crippen LogP contribution < -0.4 is 18.9 Å². The van der Waals surface area contributed by atoms with Crippen molar-refractivity contribution in [1.29, 1.82) is 0 Å². The summed E-state index contributed by atoms with van der Waals surface area (Å²) in [5.74, 6) is 1.94. The SMILES string of the molecule is COc1ccc(O[C@@H]2CCN(C(=O)COc3ccccc3Cl)C[C@H]2O)cc1OC. The first-order valence-corrected chi connectivity index (χ1v) is 9.61.